The Morgan fingerprint density at radius 3 is 2.42 bits per heavy atom. The van der Waals surface area contributed by atoms with Crippen molar-refractivity contribution in [2.45, 2.75) is 63.8 Å². The van der Waals surface area contributed by atoms with Crippen molar-refractivity contribution in [3.8, 4) is 0 Å². The van der Waals surface area contributed by atoms with E-state index in [-0.39, 0.29) is 0 Å². The molecule has 0 spiro atoms. The van der Waals surface area contributed by atoms with Crippen LogP contribution in [0.25, 0.3) is 0 Å². The van der Waals surface area contributed by atoms with Gasteiger partial charge in [-0.05, 0) is 59.3 Å². The first kappa shape index (κ1) is 15.2. The van der Waals surface area contributed by atoms with Gasteiger partial charge in [0.15, 0.2) is 0 Å². The minimum atomic E-state index is 0.342. The molecular weight excluding hydrogens is 238 g/mol. The third-order valence-electron chi connectivity index (χ3n) is 5.04. The molecule has 3 atom stereocenters. The van der Waals surface area contributed by atoms with Gasteiger partial charge in [0, 0.05) is 18.6 Å². The highest BCUT2D eigenvalue weighted by atomic mass is 16.5. The molecule has 0 amide bonds. The summed E-state index contributed by atoms with van der Waals surface area (Å²) in [6.07, 6.45) is 5.64. The van der Waals surface area contributed by atoms with Crippen LogP contribution in [0.3, 0.4) is 0 Å². The van der Waals surface area contributed by atoms with Crippen molar-refractivity contribution in [2.24, 2.45) is 5.73 Å². The lowest BCUT2D eigenvalue weighted by Crippen LogP contribution is -2.53. The van der Waals surface area contributed by atoms with E-state index in [0.29, 0.717) is 30.8 Å². The van der Waals surface area contributed by atoms with Gasteiger partial charge >= 0.3 is 0 Å². The van der Waals surface area contributed by atoms with Crippen LogP contribution in [0, 0.1) is 0 Å². The molecule has 2 fully saturated rings. The number of hydrogen-bond donors (Lipinski definition) is 1. The van der Waals surface area contributed by atoms with Crippen LogP contribution >= 0.6 is 0 Å². The van der Waals surface area contributed by atoms with Crippen molar-refractivity contribution >= 4 is 0 Å². The summed E-state index contributed by atoms with van der Waals surface area (Å²) in [5.74, 6) is 0. The van der Waals surface area contributed by atoms with E-state index in [9.17, 15) is 0 Å². The Balaban J connectivity index is 1.88. The maximum Gasteiger partial charge on any atom is 0.0747 e. The molecule has 0 aromatic rings. The second kappa shape index (κ2) is 7.02. The molecular formula is C15H31N3O. The topological polar surface area (TPSA) is 41.7 Å². The van der Waals surface area contributed by atoms with E-state index < -0.39 is 0 Å². The Kier molecular flexibility index (Phi) is 5.63. The van der Waals surface area contributed by atoms with Crippen molar-refractivity contribution in [2.75, 3.05) is 33.2 Å². The Morgan fingerprint density at radius 2 is 1.95 bits per heavy atom. The van der Waals surface area contributed by atoms with Crippen LogP contribution in [0.5, 0.6) is 0 Å². The molecule has 0 aromatic heterocycles. The fraction of sp³-hybridized carbons (Fsp3) is 1.00. The molecule has 3 unspecified atom stereocenters. The highest BCUT2D eigenvalue weighted by molar-refractivity contribution is 4.89. The number of likely N-dealkylation sites (tertiary alicyclic amines) is 1. The number of ether oxygens (including phenoxy) is 1. The Hall–Kier alpha value is -0.160. The summed E-state index contributed by atoms with van der Waals surface area (Å²) < 4.78 is 6.04. The third kappa shape index (κ3) is 3.69. The molecule has 2 heterocycles. The lowest BCUT2D eigenvalue weighted by molar-refractivity contribution is -0.0170. The fourth-order valence-electron chi connectivity index (χ4n) is 3.61. The van der Waals surface area contributed by atoms with Gasteiger partial charge in [-0.2, -0.15) is 0 Å². The summed E-state index contributed by atoms with van der Waals surface area (Å²) in [6, 6.07) is 1.07. The number of likely N-dealkylation sites (N-methyl/N-ethyl adjacent to an activating group) is 1. The molecule has 0 aromatic carbocycles. The summed E-state index contributed by atoms with van der Waals surface area (Å²) in [4.78, 5) is 5.05. The Labute approximate surface area is 118 Å². The summed E-state index contributed by atoms with van der Waals surface area (Å²) >= 11 is 0. The number of nitrogens with two attached hydrogens (primary N) is 1. The lowest BCUT2D eigenvalue weighted by atomic mass is 9.98. The van der Waals surface area contributed by atoms with Crippen molar-refractivity contribution in [3.05, 3.63) is 0 Å². The first-order valence-corrected chi connectivity index (χ1v) is 7.95. The maximum atomic E-state index is 6.04. The summed E-state index contributed by atoms with van der Waals surface area (Å²) in [7, 11) is 2.25. The second-order valence-electron chi connectivity index (χ2n) is 6.20. The minimum absolute atomic E-state index is 0.342. The van der Waals surface area contributed by atoms with Crippen LogP contribution in [0.1, 0.15) is 39.5 Å². The highest BCUT2D eigenvalue weighted by Gasteiger charge is 2.34. The molecule has 2 rings (SSSR count). The summed E-state index contributed by atoms with van der Waals surface area (Å²) in [5, 5.41) is 0. The molecule has 2 N–H and O–H groups in total. The molecule has 2 saturated heterocycles. The van der Waals surface area contributed by atoms with E-state index >= 15 is 0 Å². The van der Waals surface area contributed by atoms with Crippen LogP contribution in [-0.2, 0) is 4.74 Å². The summed E-state index contributed by atoms with van der Waals surface area (Å²) in [5.41, 5.74) is 6.03. The van der Waals surface area contributed by atoms with Gasteiger partial charge in [0.2, 0.25) is 0 Å². The predicted molar refractivity (Wildman–Crippen MR) is 79.3 cm³/mol. The van der Waals surface area contributed by atoms with E-state index in [1.54, 1.807) is 0 Å². The fourth-order valence-corrected chi connectivity index (χ4v) is 3.61. The number of hydrogen-bond acceptors (Lipinski definition) is 4. The lowest BCUT2D eigenvalue weighted by Gasteiger charge is -2.41. The smallest absolute Gasteiger partial charge is 0.0747 e. The van der Waals surface area contributed by atoms with Crippen molar-refractivity contribution in [1.29, 1.82) is 0 Å². The Morgan fingerprint density at radius 1 is 1.26 bits per heavy atom. The molecule has 4 nitrogen and oxygen atoms in total. The molecule has 112 valence electrons. The van der Waals surface area contributed by atoms with E-state index in [2.05, 4.69) is 30.7 Å². The second-order valence-corrected chi connectivity index (χ2v) is 6.20. The van der Waals surface area contributed by atoms with Crippen LogP contribution in [0.4, 0.5) is 0 Å². The van der Waals surface area contributed by atoms with E-state index in [4.69, 9.17) is 10.5 Å². The van der Waals surface area contributed by atoms with Gasteiger partial charge in [0.1, 0.15) is 0 Å². The monoisotopic (exact) mass is 269 g/mol. The van der Waals surface area contributed by atoms with Gasteiger partial charge in [-0.15, -0.1) is 0 Å². The largest absolute Gasteiger partial charge is 0.374 e. The first-order valence-electron chi connectivity index (χ1n) is 7.95. The minimum Gasteiger partial charge on any atom is -0.374 e. The zero-order chi connectivity index (χ0) is 13.8. The molecule has 2 aliphatic rings. The first-order chi connectivity index (χ1) is 9.15. The van der Waals surface area contributed by atoms with Crippen LogP contribution in [-0.4, -0.2) is 67.3 Å². The summed E-state index contributed by atoms with van der Waals surface area (Å²) in [6.45, 7) is 8.77. The van der Waals surface area contributed by atoms with E-state index in [1.165, 1.54) is 45.3 Å². The van der Waals surface area contributed by atoms with Crippen LogP contribution in [0.2, 0.25) is 0 Å². The van der Waals surface area contributed by atoms with Crippen LogP contribution in [0.15, 0.2) is 0 Å². The molecule has 0 radical (unpaired) electrons. The predicted octanol–water partition coefficient (Wildman–Crippen LogP) is 1.30. The normalized spacial score (nSPS) is 32.1. The molecule has 2 aliphatic heterocycles. The van der Waals surface area contributed by atoms with Crippen molar-refractivity contribution in [3.63, 3.8) is 0 Å². The average molecular weight is 269 g/mol. The SMILES string of the molecule is CCN1CCC(N(C)C(CN)C2CCC(C)O2)CC1. The van der Waals surface area contributed by atoms with Crippen LogP contribution < -0.4 is 5.73 Å². The zero-order valence-electron chi connectivity index (χ0n) is 12.8. The van der Waals surface area contributed by atoms with E-state index in [0.717, 1.165) is 0 Å². The number of nitrogens with zero attached hydrogens (tertiary/aromatic N) is 2. The Bertz CT molecular complexity index is 266. The third-order valence-corrected chi connectivity index (χ3v) is 5.04. The van der Waals surface area contributed by atoms with Gasteiger partial charge in [0.05, 0.1) is 12.2 Å². The molecule has 0 bridgehead atoms. The molecule has 0 saturated carbocycles. The van der Waals surface area contributed by atoms with Gasteiger partial charge < -0.3 is 15.4 Å². The standard InChI is InChI=1S/C15H31N3O/c1-4-18-9-7-13(8-10-18)17(3)14(11-16)15-6-5-12(2)19-15/h12-15H,4-11,16H2,1-3H3. The molecule has 0 aliphatic carbocycles. The highest BCUT2D eigenvalue weighted by Crippen LogP contribution is 2.26. The van der Waals surface area contributed by atoms with Gasteiger partial charge in [0.25, 0.3) is 0 Å². The number of piperidine rings is 1. The maximum absolute atomic E-state index is 6.04. The van der Waals surface area contributed by atoms with Crippen molar-refractivity contribution < 1.29 is 4.74 Å². The van der Waals surface area contributed by atoms with Gasteiger partial charge in [-0.3, -0.25) is 4.90 Å². The number of rotatable bonds is 5. The van der Waals surface area contributed by atoms with Crippen molar-refractivity contribution in [1.82, 2.24) is 9.80 Å². The quantitative estimate of drug-likeness (QED) is 0.817. The van der Waals surface area contributed by atoms with E-state index in [1.807, 2.05) is 0 Å². The molecule has 19 heavy (non-hydrogen) atoms. The zero-order valence-corrected chi connectivity index (χ0v) is 12.8. The average Bonchev–Trinajstić information content (AvgIpc) is 2.86. The van der Waals surface area contributed by atoms with Gasteiger partial charge in [-0.1, -0.05) is 6.92 Å². The van der Waals surface area contributed by atoms with Gasteiger partial charge in [-0.25, -0.2) is 0 Å². The molecule has 4 heteroatoms.